The number of nitro groups is 1. The topological polar surface area (TPSA) is 119 Å². The molecule has 1 fully saturated rings. The van der Waals surface area contributed by atoms with Crippen molar-refractivity contribution in [3.05, 3.63) is 34.4 Å². The molecule has 0 unspecified atom stereocenters. The molecule has 1 aromatic rings. The van der Waals surface area contributed by atoms with Crippen LogP contribution in [0.1, 0.15) is 19.3 Å². The molecule has 2 rings (SSSR count). The lowest BCUT2D eigenvalue weighted by molar-refractivity contribution is -0.384. The quantitative estimate of drug-likeness (QED) is 0.611. The largest absolute Gasteiger partial charge is 0.481 e. The highest BCUT2D eigenvalue weighted by molar-refractivity contribution is 5.94. The van der Waals surface area contributed by atoms with E-state index in [4.69, 9.17) is 9.84 Å². The van der Waals surface area contributed by atoms with Crippen molar-refractivity contribution in [2.75, 3.05) is 11.9 Å². The smallest absolute Gasteiger partial charge is 0.304 e. The maximum absolute atomic E-state index is 12.3. The van der Waals surface area contributed by atoms with Crippen molar-refractivity contribution in [2.24, 2.45) is 5.92 Å². The Labute approximate surface area is 126 Å². The predicted octanol–water partition coefficient (Wildman–Crippen LogP) is 1.80. The van der Waals surface area contributed by atoms with Gasteiger partial charge in [0.25, 0.3) is 5.69 Å². The monoisotopic (exact) mass is 308 g/mol. The second-order valence-electron chi connectivity index (χ2n) is 5.05. The van der Waals surface area contributed by atoms with Gasteiger partial charge < -0.3 is 15.2 Å². The molecule has 1 heterocycles. The van der Waals surface area contributed by atoms with Crippen LogP contribution in [-0.2, 0) is 14.3 Å². The fraction of sp³-hybridized carbons (Fsp3) is 0.429. The molecule has 0 bridgehead atoms. The first-order chi connectivity index (χ1) is 10.5. The number of amides is 1. The van der Waals surface area contributed by atoms with E-state index in [1.807, 2.05) is 0 Å². The first kappa shape index (κ1) is 15.9. The number of non-ortho nitro benzene ring substituents is 1. The average molecular weight is 308 g/mol. The molecule has 1 saturated heterocycles. The number of nitrogens with one attached hydrogen (secondary N) is 1. The molecule has 0 aliphatic carbocycles. The highest BCUT2D eigenvalue weighted by Gasteiger charge is 2.33. The summed E-state index contributed by atoms with van der Waals surface area (Å²) in [6, 6.07) is 5.36. The standard InChI is InChI=1S/C14H16N2O6/c17-13(18)8-11(12-2-1-7-22-12)14(19)15-9-3-5-10(6-4-9)16(20)21/h3-6,11-12H,1-2,7-8H2,(H,15,19)(H,17,18)/t11-,12-/m0/s1. The van der Waals surface area contributed by atoms with E-state index in [0.29, 0.717) is 18.7 Å². The molecule has 1 aromatic carbocycles. The summed E-state index contributed by atoms with van der Waals surface area (Å²) < 4.78 is 5.41. The minimum Gasteiger partial charge on any atom is -0.481 e. The zero-order chi connectivity index (χ0) is 16.1. The van der Waals surface area contributed by atoms with E-state index in [1.54, 1.807) is 0 Å². The summed E-state index contributed by atoms with van der Waals surface area (Å²) in [4.78, 5) is 33.2. The van der Waals surface area contributed by atoms with Crippen LogP contribution in [0.2, 0.25) is 0 Å². The van der Waals surface area contributed by atoms with Gasteiger partial charge in [0, 0.05) is 24.4 Å². The molecular formula is C14H16N2O6. The molecule has 1 aliphatic rings. The third kappa shape index (κ3) is 4.01. The van der Waals surface area contributed by atoms with Crippen LogP contribution in [-0.4, -0.2) is 34.6 Å². The van der Waals surface area contributed by atoms with Gasteiger partial charge in [0.05, 0.1) is 23.4 Å². The van der Waals surface area contributed by atoms with E-state index in [2.05, 4.69) is 5.32 Å². The van der Waals surface area contributed by atoms with E-state index >= 15 is 0 Å². The summed E-state index contributed by atoms with van der Waals surface area (Å²) in [5.41, 5.74) is 0.295. The van der Waals surface area contributed by atoms with Gasteiger partial charge in [-0.2, -0.15) is 0 Å². The normalized spacial score (nSPS) is 18.6. The third-order valence-corrected chi connectivity index (χ3v) is 3.49. The Morgan fingerprint density at radius 2 is 2.09 bits per heavy atom. The Bertz CT molecular complexity index is 565. The Morgan fingerprint density at radius 3 is 2.59 bits per heavy atom. The van der Waals surface area contributed by atoms with Crippen LogP contribution in [0.4, 0.5) is 11.4 Å². The van der Waals surface area contributed by atoms with Crippen LogP contribution in [0.25, 0.3) is 0 Å². The molecular weight excluding hydrogens is 292 g/mol. The van der Waals surface area contributed by atoms with Crippen molar-refractivity contribution in [1.82, 2.24) is 0 Å². The maximum atomic E-state index is 12.3. The number of hydrogen-bond donors (Lipinski definition) is 2. The van der Waals surface area contributed by atoms with Crippen molar-refractivity contribution in [3.8, 4) is 0 Å². The molecule has 0 aromatic heterocycles. The highest BCUT2D eigenvalue weighted by atomic mass is 16.6. The Balaban J connectivity index is 2.06. The van der Waals surface area contributed by atoms with Gasteiger partial charge in [-0.05, 0) is 25.0 Å². The van der Waals surface area contributed by atoms with Crippen molar-refractivity contribution in [3.63, 3.8) is 0 Å². The molecule has 8 nitrogen and oxygen atoms in total. The first-order valence-corrected chi connectivity index (χ1v) is 6.86. The van der Waals surface area contributed by atoms with Crippen LogP contribution in [0.5, 0.6) is 0 Å². The SMILES string of the molecule is O=C(O)C[C@H](C(=O)Nc1ccc([N+](=O)[O-])cc1)[C@@H]1CCCO1. The fourth-order valence-corrected chi connectivity index (χ4v) is 2.40. The summed E-state index contributed by atoms with van der Waals surface area (Å²) in [6.07, 6.45) is 0.718. The van der Waals surface area contributed by atoms with Gasteiger partial charge in [0.1, 0.15) is 0 Å². The molecule has 118 valence electrons. The molecule has 0 spiro atoms. The third-order valence-electron chi connectivity index (χ3n) is 3.49. The van der Waals surface area contributed by atoms with Crippen molar-refractivity contribution in [2.45, 2.75) is 25.4 Å². The van der Waals surface area contributed by atoms with Gasteiger partial charge in [-0.1, -0.05) is 0 Å². The average Bonchev–Trinajstić information content (AvgIpc) is 2.99. The van der Waals surface area contributed by atoms with Crippen LogP contribution in [0, 0.1) is 16.0 Å². The molecule has 22 heavy (non-hydrogen) atoms. The zero-order valence-corrected chi connectivity index (χ0v) is 11.7. The van der Waals surface area contributed by atoms with Crippen molar-refractivity contribution in [1.29, 1.82) is 0 Å². The van der Waals surface area contributed by atoms with Crippen LogP contribution >= 0.6 is 0 Å². The van der Waals surface area contributed by atoms with E-state index < -0.39 is 28.8 Å². The van der Waals surface area contributed by atoms with Gasteiger partial charge in [0.2, 0.25) is 5.91 Å². The number of carbonyl (C=O) groups excluding carboxylic acids is 1. The number of anilines is 1. The molecule has 0 saturated carbocycles. The van der Waals surface area contributed by atoms with Gasteiger partial charge in [-0.25, -0.2) is 0 Å². The molecule has 1 amide bonds. The van der Waals surface area contributed by atoms with Gasteiger partial charge in [-0.3, -0.25) is 19.7 Å². The minimum absolute atomic E-state index is 0.0841. The number of rotatable bonds is 6. The number of nitro benzene ring substituents is 1. The predicted molar refractivity (Wildman–Crippen MR) is 76.4 cm³/mol. The molecule has 8 heteroatoms. The van der Waals surface area contributed by atoms with E-state index in [0.717, 1.165) is 6.42 Å². The lowest BCUT2D eigenvalue weighted by atomic mass is 9.95. The number of carboxylic acid groups (broad SMARTS) is 1. The number of ether oxygens (including phenoxy) is 1. The Hall–Kier alpha value is -2.48. The van der Waals surface area contributed by atoms with Crippen LogP contribution < -0.4 is 5.32 Å². The number of benzene rings is 1. The van der Waals surface area contributed by atoms with Crippen LogP contribution in [0.15, 0.2) is 24.3 Å². The second kappa shape index (κ2) is 6.99. The summed E-state index contributed by atoms with van der Waals surface area (Å²) in [5.74, 6) is -2.31. The van der Waals surface area contributed by atoms with Gasteiger partial charge >= 0.3 is 5.97 Å². The van der Waals surface area contributed by atoms with E-state index in [-0.39, 0.29) is 12.1 Å². The molecule has 2 atom stereocenters. The van der Waals surface area contributed by atoms with Crippen LogP contribution in [0.3, 0.4) is 0 Å². The Morgan fingerprint density at radius 1 is 1.41 bits per heavy atom. The van der Waals surface area contributed by atoms with Gasteiger partial charge in [-0.15, -0.1) is 0 Å². The van der Waals surface area contributed by atoms with Gasteiger partial charge in [0.15, 0.2) is 0 Å². The molecule has 2 N–H and O–H groups in total. The first-order valence-electron chi connectivity index (χ1n) is 6.86. The number of aliphatic carboxylic acids is 1. The minimum atomic E-state index is -1.07. The number of hydrogen-bond acceptors (Lipinski definition) is 5. The fourth-order valence-electron chi connectivity index (χ4n) is 2.40. The number of carboxylic acids is 1. The lowest BCUT2D eigenvalue weighted by Crippen LogP contribution is -2.34. The number of nitrogens with zero attached hydrogens (tertiary/aromatic N) is 1. The second-order valence-corrected chi connectivity index (χ2v) is 5.05. The molecule has 1 aliphatic heterocycles. The lowest BCUT2D eigenvalue weighted by Gasteiger charge is -2.20. The summed E-state index contributed by atoms with van der Waals surface area (Å²) in [6.45, 7) is 0.519. The molecule has 0 radical (unpaired) electrons. The van der Waals surface area contributed by atoms with Crippen molar-refractivity contribution < 1.29 is 24.4 Å². The van der Waals surface area contributed by atoms with E-state index in [1.165, 1.54) is 24.3 Å². The maximum Gasteiger partial charge on any atom is 0.304 e. The highest BCUT2D eigenvalue weighted by Crippen LogP contribution is 2.25. The van der Waals surface area contributed by atoms with E-state index in [9.17, 15) is 19.7 Å². The Kier molecular flexibility index (Phi) is 5.05. The van der Waals surface area contributed by atoms with Crippen molar-refractivity contribution >= 4 is 23.3 Å². The summed E-state index contributed by atoms with van der Waals surface area (Å²) in [7, 11) is 0. The number of carbonyl (C=O) groups is 2. The zero-order valence-electron chi connectivity index (χ0n) is 11.7. The summed E-state index contributed by atoms with van der Waals surface area (Å²) >= 11 is 0. The summed E-state index contributed by atoms with van der Waals surface area (Å²) in [5, 5.41) is 22.1.